The van der Waals surface area contributed by atoms with Crippen LogP contribution in [0.3, 0.4) is 0 Å². The zero-order valence-electron chi connectivity index (χ0n) is 8.88. The van der Waals surface area contributed by atoms with Gasteiger partial charge in [-0.2, -0.15) is 0 Å². The highest BCUT2D eigenvalue weighted by atomic mass is 19.3. The van der Waals surface area contributed by atoms with Crippen LogP contribution in [0.1, 0.15) is 26.2 Å². The second-order valence-corrected chi connectivity index (χ2v) is 4.23. The molecule has 1 fully saturated rings. The first kappa shape index (κ1) is 12.4. The second-order valence-electron chi connectivity index (χ2n) is 4.23. The molecule has 3 atom stereocenters. The van der Waals surface area contributed by atoms with Crippen LogP contribution >= 0.6 is 0 Å². The summed E-state index contributed by atoms with van der Waals surface area (Å²) in [4.78, 5) is 11.6. The van der Waals surface area contributed by atoms with E-state index in [4.69, 9.17) is 5.73 Å². The number of hydrogen-bond donors (Lipinski definition) is 2. The van der Waals surface area contributed by atoms with Crippen molar-refractivity contribution in [2.24, 2.45) is 17.6 Å². The van der Waals surface area contributed by atoms with Crippen molar-refractivity contribution in [3.63, 3.8) is 0 Å². The molecule has 3 nitrogen and oxygen atoms in total. The number of rotatable bonds is 3. The maximum atomic E-state index is 11.9. The van der Waals surface area contributed by atoms with E-state index in [1.165, 1.54) is 0 Å². The van der Waals surface area contributed by atoms with Crippen LogP contribution in [0.2, 0.25) is 0 Å². The predicted octanol–water partition coefficient (Wildman–Crippen LogP) is 1.13. The van der Waals surface area contributed by atoms with E-state index in [1.807, 2.05) is 6.92 Å². The number of carbonyl (C=O) groups is 1. The molecule has 0 radical (unpaired) electrons. The van der Waals surface area contributed by atoms with Gasteiger partial charge in [0.1, 0.15) is 0 Å². The van der Waals surface area contributed by atoms with Gasteiger partial charge in [-0.1, -0.05) is 13.3 Å². The first-order chi connectivity index (χ1) is 7.02. The van der Waals surface area contributed by atoms with Crippen molar-refractivity contribution >= 4 is 5.91 Å². The minimum atomic E-state index is -2.50. The third kappa shape index (κ3) is 3.41. The average Bonchev–Trinajstić information content (AvgIpc) is 2.14. The van der Waals surface area contributed by atoms with Crippen LogP contribution in [0.15, 0.2) is 0 Å². The Bertz CT molecular complexity index is 213. The molecule has 1 saturated carbocycles. The fourth-order valence-corrected chi connectivity index (χ4v) is 2.21. The molecule has 0 heterocycles. The summed E-state index contributed by atoms with van der Waals surface area (Å²) in [5, 5.41) is 2.24. The van der Waals surface area contributed by atoms with Gasteiger partial charge in [-0.3, -0.25) is 4.79 Å². The van der Waals surface area contributed by atoms with Crippen molar-refractivity contribution in [1.82, 2.24) is 5.32 Å². The normalized spacial score (nSPS) is 31.7. The summed E-state index contributed by atoms with van der Waals surface area (Å²) < 4.78 is 23.8. The van der Waals surface area contributed by atoms with Gasteiger partial charge >= 0.3 is 0 Å². The summed E-state index contributed by atoms with van der Waals surface area (Å²) in [7, 11) is 0. The number of alkyl halides is 2. The SMILES string of the molecule is CC1CCCC(N)C1C(=O)NCC(F)F. The topological polar surface area (TPSA) is 55.1 Å². The fraction of sp³-hybridized carbons (Fsp3) is 0.900. The number of nitrogens with one attached hydrogen (secondary N) is 1. The second kappa shape index (κ2) is 5.39. The molecule has 15 heavy (non-hydrogen) atoms. The molecule has 0 bridgehead atoms. The molecule has 0 aromatic heterocycles. The van der Waals surface area contributed by atoms with E-state index in [-0.39, 0.29) is 23.8 Å². The van der Waals surface area contributed by atoms with Gasteiger partial charge in [-0.05, 0) is 18.8 Å². The van der Waals surface area contributed by atoms with Gasteiger partial charge in [-0.25, -0.2) is 8.78 Å². The highest BCUT2D eigenvalue weighted by Gasteiger charge is 2.33. The van der Waals surface area contributed by atoms with Crippen molar-refractivity contribution in [1.29, 1.82) is 0 Å². The standard InChI is InChI=1S/C10H18F2N2O/c1-6-3-2-4-7(13)9(6)10(15)14-5-8(11)12/h6-9H,2-5,13H2,1H3,(H,14,15). The van der Waals surface area contributed by atoms with Gasteiger partial charge in [-0.15, -0.1) is 0 Å². The Morgan fingerprint density at radius 2 is 2.20 bits per heavy atom. The van der Waals surface area contributed by atoms with E-state index in [1.54, 1.807) is 0 Å². The van der Waals surface area contributed by atoms with Crippen molar-refractivity contribution in [2.75, 3.05) is 6.54 Å². The molecule has 1 amide bonds. The van der Waals surface area contributed by atoms with E-state index in [0.717, 1.165) is 19.3 Å². The zero-order valence-corrected chi connectivity index (χ0v) is 8.88. The molecule has 1 aliphatic carbocycles. The summed E-state index contributed by atoms with van der Waals surface area (Å²) in [5.41, 5.74) is 5.83. The van der Waals surface area contributed by atoms with Gasteiger partial charge in [0, 0.05) is 6.04 Å². The summed E-state index contributed by atoms with van der Waals surface area (Å²) in [6, 6.07) is -0.188. The van der Waals surface area contributed by atoms with Crippen LogP contribution in [-0.2, 0) is 4.79 Å². The van der Waals surface area contributed by atoms with Crippen LogP contribution in [0.25, 0.3) is 0 Å². The molecule has 5 heteroatoms. The van der Waals surface area contributed by atoms with Crippen LogP contribution in [0.4, 0.5) is 8.78 Å². The van der Waals surface area contributed by atoms with Crippen molar-refractivity contribution in [3.05, 3.63) is 0 Å². The lowest BCUT2D eigenvalue weighted by atomic mass is 9.76. The van der Waals surface area contributed by atoms with Crippen LogP contribution < -0.4 is 11.1 Å². The molecule has 88 valence electrons. The van der Waals surface area contributed by atoms with E-state index >= 15 is 0 Å². The smallest absolute Gasteiger partial charge is 0.255 e. The molecule has 0 aromatic carbocycles. The molecule has 3 unspecified atom stereocenters. The maximum Gasteiger partial charge on any atom is 0.255 e. The van der Waals surface area contributed by atoms with E-state index in [0.29, 0.717) is 0 Å². The van der Waals surface area contributed by atoms with Crippen LogP contribution in [0.5, 0.6) is 0 Å². The summed E-state index contributed by atoms with van der Waals surface area (Å²) >= 11 is 0. The number of carbonyl (C=O) groups excluding carboxylic acids is 1. The summed E-state index contributed by atoms with van der Waals surface area (Å²) in [5.74, 6) is -0.445. The molecule has 1 aliphatic rings. The lowest BCUT2D eigenvalue weighted by molar-refractivity contribution is -0.128. The quantitative estimate of drug-likeness (QED) is 0.749. The molecule has 1 rings (SSSR count). The summed E-state index contributed by atoms with van der Waals surface area (Å²) in [6.45, 7) is 1.38. The van der Waals surface area contributed by atoms with Crippen molar-refractivity contribution in [2.45, 2.75) is 38.7 Å². The molecular weight excluding hydrogens is 202 g/mol. The third-order valence-corrected chi connectivity index (χ3v) is 3.00. The van der Waals surface area contributed by atoms with E-state index < -0.39 is 13.0 Å². The van der Waals surface area contributed by atoms with Crippen molar-refractivity contribution < 1.29 is 13.6 Å². The molecule has 0 saturated heterocycles. The van der Waals surface area contributed by atoms with E-state index in [2.05, 4.69) is 5.32 Å². The Morgan fingerprint density at radius 1 is 1.53 bits per heavy atom. The minimum absolute atomic E-state index is 0.187. The highest BCUT2D eigenvalue weighted by molar-refractivity contribution is 5.79. The minimum Gasteiger partial charge on any atom is -0.350 e. The first-order valence-electron chi connectivity index (χ1n) is 5.33. The Morgan fingerprint density at radius 3 is 2.73 bits per heavy atom. The maximum absolute atomic E-state index is 11.9. The van der Waals surface area contributed by atoms with Gasteiger partial charge < -0.3 is 11.1 Å². The number of amides is 1. The zero-order chi connectivity index (χ0) is 11.4. The van der Waals surface area contributed by atoms with Gasteiger partial charge in [0.2, 0.25) is 5.91 Å². The lowest BCUT2D eigenvalue weighted by Gasteiger charge is -2.33. The average molecular weight is 220 g/mol. The highest BCUT2D eigenvalue weighted by Crippen LogP contribution is 2.28. The first-order valence-corrected chi connectivity index (χ1v) is 5.33. The van der Waals surface area contributed by atoms with Crippen molar-refractivity contribution in [3.8, 4) is 0 Å². The number of hydrogen-bond acceptors (Lipinski definition) is 2. The Balaban J connectivity index is 2.48. The predicted molar refractivity (Wildman–Crippen MR) is 53.5 cm³/mol. The largest absolute Gasteiger partial charge is 0.350 e. The van der Waals surface area contributed by atoms with Crippen LogP contribution in [-0.4, -0.2) is 24.9 Å². The van der Waals surface area contributed by atoms with Crippen LogP contribution in [0, 0.1) is 11.8 Å². The molecule has 0 aromatic rings. The van der Waals surface area contributed by atoms with Gasteiger partial charge in [0.25, 0.3) is 6.43 Å². The summed E-state index contributed by atoms with van der Waals surface area (Å²) in [6.07, 6.45) is 0.266. The van der Waals surface area contributed by atoms with Gasteiger partial charge in [0.05, 0.1) is 12.5 Å². The molecule has 0 spiro atoms. The Hall–Kier alpha value is -0.710. The van der Waals surface area contributed by atoms with Gasteiger partial charge in [0.15, 0.2) is 0 Å². The third-order valence-electron chi connectivity index (χ3n) is 3.00. The molecule has 3 N–H and O–H groups in total. The number of halogens is 2. The lowest BCUT2D eigenvalue weighted by Crippen LogP contribution is -2.48. The Kier molecular flexibility index (Phi) is 4.45. The van der Waals surface area contributed by atoms with E-state index in [9.17, 15) is 13.6 Å². The molecular formula is C10H18F2N2O. The number of nitrogens with two attached hydrogens (primary N) is 1. The Labute approximate surface area is 88.4 Å². The fourth-order valence-electron chi connectivity index (χ4n) is 2.21. The monoisotopic (exact) mass is 220 g/mol. The molecule has 0 aliphatic heterocycles.